The van der Waals surface area contributed by atoms with Gasteiger partial charge in [0.1, 0.15) is 5.82 Å². The van der Waals surface area contributed by atoms with Crippen molar-refractivity contribution in [3.05, 3.63) is 18.0 Å². The number of aryl methyl sites for hydroxylation is 1. The molecule has 6 nitrogen and oxygen atoms in total. The number of hydrogen-bond donors (Lipinski definition) is 1. The van der Waals surface area contributed by atoms with E-state index in [1.54, 1.807) is 0 Å². The molecule has 24 heavy (non-hydrogen) atoms. The average Bonchev–Trinajstić information content (AvgIpc) is 3.13. The molecule has 1 saturated heterocycles. The summed E-state index contributed by atoms with van der Waals surface area (Å²) in [7, 11) is 1.88. The minimum absolute atomic E-state index is 0.738. The molecule has 1 atom stereocenters. The van der Waals surface area contributed by atoms with Crippen LogP contribution in [0.5, 0.6) is 0 Å². The zero-order chi connectivity index (χ0) is 16.8. The lowest BCUT2D eigenvalue weighted by Crippen LogP contribution is -2.53. The molecule has 1 fully saturated rings. The van der Waals surface area contributed by atoms with Crippen LogP contribution < -0.4 is 10.2 Å². The van der Waals surface area contributed by atoms with Crippen molar-refractivity contribution < 1.29 is 0 Å². The van der Waals surface area contributed by atoms with Gasteiger partial charge in [-0.1, -0.05) is 19.1 Å². The first-order chi connectivity index (χ1) is 11.8. The number of anilines is 1. The standard InChI is InChI=1S/C17H28N6S/c1-3-15-20-17(24-21-15)23-11-9-22(10-12-23)16(18-2)19-13-14-7-5-4-6-8-14/h4-5,14H,3,6-13H2,1-2H3,(H,18,19). The summed E-state index contributed by atoms with van der Waals surface area (Å²) in [6.07, 6.45) is 9.19. The molecule has 0 saturated carbocycles. The van der Waals surface area contributed by atoms with E-state index in [1.165, 1.54) is 30.8 Å². The fourth-order valence-corrected chi connectivity index (χ4v) is 4.04. The van der Waals surface area contributed by atoms with Crippen LogP contribution in [0.1, 0.15) is 32.0 Å². The summed E-state index contributed by atoms with van der Waals surface area (Å²) in [5.41, 5.74) is 0. The summed E-state index contributed by atoms with van der Waals surface area (Å²) >= 11 is 1.52. The van der Waals surface area contributed by atoms with Crippen molar-refractivity contribution in [1.82, 2.24) is 19.6 Å². The van der Waals surface area contributed by atoms with Gasteiger partial charge in [-0.25, -0.2) is 4.98 Å². The monoisotopic (exact) mass is 348 g/mol. The molecular formula is C17H28N6S. The van der Waals surface area contributed by atoms with Gasteiger partial charge in [-0.2, -0.15) is 4.37 Å². The van der Waals surface area contributed by atoms with Crippen LogP contribution in [-0.4, -0.2) is 60.0 Å². The van der Waals surface area contributed by atoms with Crippen LogP contribution in [-0.2, 0) is 6.42 Å². The van der Waals surface area contributed by atoms with Crippen molar-refractivity contribution >= 4 is 22.6 Å². The van der Waals surface area contributed by atoms with E-state index in [0.29, 0.717) is 0 Å². The maximum Gasteiger partial charge on any atom is 0.205 e. The zero-order valence-electron chi connectivity index (χ0n) is 14.7. The lowest BCUT2D eigenvalue weighted by Gasteiger charge is -2.36. The largest absolute Gasteiger partial charge is 0.356 e. The first-order valence-corrected chi connectivity index (χ1v) is 9.75. The van der Waals surface area contributed by atoms with Gasteiger partial charge >= 0.3 is 0 Å². The maximum atomic E-state index is 4.60. The van der Waals surface area contributed by atoms with Gasteiger partial charge in [0, 0.05) is 57.7 Å². The van der Waals surface area contributed by atoms with E-state index in [2.05, 4.69) is 48.5 Å². The van der Waals surface area contributed by atoms with Gasteiger partial charge in [0.15, 0.2) is 5.96 Å². The van der Waals surface area contributed by atoms with Crippen LogP contribution in [0, 0.1) is 5.92 Å². The molecule has 1 aliphatic heterocycles. The highest BCUT2D eigenvalue weighted by molar-refractivity contribution is 7.09. The molecule has 132 valence electrons. The molecule has 0 bridgehead atoms. The Labute approximate surface area is 148 Å². The van der Waals surface area contributed by atoms with Crippen molar-refractivity contribution in [2.75, 3.05) is 44.7 Å². The van der Waals surface area contributed by atoms with Gasteiger partial charge in [0.25, 0.3) is 0 Å². The second-order valence-electron chi connectivity index (χ2n) is 6.40. The highest BCUT2D eigenvalue weighted by Crippen LogP contribution is 2.20. The van der Waals surface area contributed by atoms with E-state index in [-0.39, 0.29) is 0 Å². The van der Waals surface area contributed by atoms with E-state index in [4.69, 9.17) is 0 Å². The van der Waals surface area contributed by atoms with Gasteiger partial charge < -0.3 is 15.1 Å². The number of aliphatic imine (C=N–C) groups is 1. The summed E-state index contributed by atoms with van der Waals surface area (Å²) in [4.78, 5) is 13.8. The highest BCUT2D eigenvalue weighted by atomic mass is 32.1. The molecule has 1 aromatic rings. The van der Waals surface area contributed by atoms with Crippen LogP contribution in [0.25, 0.3) is 0 Å². The van der Waals surface area contributed by atoms with Crippen LogP contribution in [0.3, 0.4) is 0 Å². The molecule has 1 aliphatic carbocycles. The van der Waals surface area contributed by atoms with Gasteiger partial charge in [-0.05, 0) is 25.2 Å². The molecule has 2 aliphatic rings. The Balaban J connectivity index is 1.48. The van der Waals surface area contributed by atoms with Gasteiger partial charge in [0.05, 0.1) is 0 Å². The Morgan fingerprint density at radius 2 is 2.17 bits per heavy atom. The van der Waals surface area contributed by atoms with Gasteiger partial charge in [0.2, 0.25) is 5.13 Å². The third-order valence-corrected chi connectivity index (χ3v) is 5.58. The SMILES string of the molecule is CCc1nsc(N2CCN(C(=NC)NCC3CC=CCC3)CC2)n1. The topological polar surface area (TPSA) is 56.7 Å². The molecule has 0 aromatic carbocycles. The molecular weight excluding hydrogens is 320 g/mol. The lowest BCUT2D eigenvalue weighted by molar-refractivity contribution is 0.365. The highest BCUT2D eigenvalue weighted by Gasteiger charge is 2.22. The second kappa shape index (κ2) is 8.46. The number of guanidine groups is 1. The van der Waals surface area contributed by atoms with Crippen molar-refractivity contribution in [1.29, 1.82) is 0 Å². The minimum Gasteiger partial charge on any atom is -0.356 e. The number of rotatable bonds is 4. The molecule has 7 heteroatoms. The normalized spacial score (nSPS) is 22.1. The number of hydrogen-bond acceptors (Lipinski definition) is 5. The zero-order valence-corrected chi connectivity index (χ0v) is 15.6. The van der Waals surface area contributed by atoms with Crippen LogP contribution in [0.4, 0.5) is 5.13 Å². The van der Waals surface area contributed by atoms with E-state index in [9.17, 15) is 0 Å². The van der Waals surface area contributed by atoms with Crippen LogP contribution >= 0.6 is 11.5 Å². The summed E-state index contributed by atoms with van der Waals surface area (Å²) in [5.74, 6) is 2.73. The quantitative estimate of drug-likeness (QED) is 0.513. The van der Waals surface area contributed by atoms with Crippen LogP contribution in [0.2, 0.25) is 0 Å². The predicted octanol–water partition coefficient (Wildman–Crippen LogP) is 2.15. The van der Waals surface area contributed by atoms with E-state index in [1.807, 2.05) is 7.05 Å². The Kier molecular flexibility index (Phi) is 6.07. The van der Waals surface area contributed by atoms with Crippen molar-refractivity contribution in [3.8, 4) is 0 Å². The van der Waals surface area contributed by atoms with Gasteiger partial charge in [-0.3, -0.25) is 4.99 Å². The van der Waals surface area contributed by atoms with Crippen molar-refractivity contribution in [2.24, 2.45) is 10.9 Å². The molecule has 0 amide bonds. The first-order valence-electron chi connectivity index (χ1n) is 8.98. The van der Waals surface area contributed by atoms with E-state index in [0.717, 1.165) is 62.0 Å². The molecule has 0 radical (unpaired) electrons. The van der Waals surface area contributed by atoms with Crippen molar-refractivity contribution in [3.63, 3.8) is 0 Å². The Morgan fingerprint density at radius 3 is 2.79 bits per heavy atom. The number of nitrogens with one attached hydrogen (secondary N) is 1. The predicted molar refractivity (Wildman–Crippen MR) is 101 cm³/mol. The summed E-state index contributed by atoms with van der Waals surface area (Å²) in [5, 5.41) is 4.63. The fourth-order valence-electron chi connectivity index (χ4n) is 3.24. The average molecular weight is 349 g/mol. The summed E-state index contributed by atoms with van der Waals surface area (Å²) in [6, 6.07) is 0. The van der Waals surface area contributed by atoms with E-state index < -0.39 is 0 Å². The third-order valence-electron chi connectivity index (χ3n) is 4.76. The van der Waals surface area contributed by atoms with Crippen molar-refractivity contribution in [2.45, 2.75) is 32.6 Å². The third kappa shape index (κ3) is 4.26. The maximum absolute atomic E-state index is 4.60. The molecule has 2 heterocycles. The number of allylic oxidation sites excluding steroid dienone is 2. The van der Waals surface area contributed by atoms with E-state index >= 15 is 0 Å². The Morgan fingerprint density at radius 1 is 1.33 bits per heavy atom. The molecule has 1 aromatic heterocycles. The summed E-state index contributed by atoms with van der Waals surface area (Å²) in [6.45, 7) is 7.03. The first kappa shape index (κ1) is 17.2. The fraction of sp³-hybridized carbons (Fsp3) is 0.706. The van der Waals surface area contributed by atoms with Crippen LogP contribution in [0.15, 0.2) is 17.1 Å². The number of aromatic nitrogens is 2. The minimum atomic E-state index is 0.738. The van der Waals surface area contributed by atoms with Gasteiger partial charge in [-0.15, -0.1) is 0 Å². The lowest BCUT2D eigenvalue weighted by atomic mass is 9.94. The molecule has 1 N–H and O–H groups in total. The molecule has 1 unspecified atom stereocenters. The summed E-state index contributed by atoms with van der Waals surface area (Å²) < 4.78 is 4.40. The second-order valence-corrected chi connectivity index (χ2v) is 7.13. The molecule has 0 spiro atoms. The molecule has 3 rings (SSSR count). The number of nitrogens with zero attached hydrogens (tertiary/aromatic N) is 5. The number of piperazine rings is 1. The Hall–Kier alpha value is -1.63. The Bertz CT molecular complexity index is 573. The smallest absolute Gasteiger partial charge is 0.205 e.